The van der Waals surface area contributed by atoms with Gasteiger partial charge in [-0.25, -0.2) is 0 Å². The predicted molar refractivity (Wildman–Crippen MR) is 65.5 cm³/mol. The van der Waals surface area contributed by atoms with E-state index >= 15 is 0 Å². The van der Waals surface area contributed by atoms with Crippen LogP contribution in [0.2, 0.25) is 0 Å². The van der Waals surface area contributed by atoms with Crippen LogP contribution in [-0.2, 0) is 0 Å². The molecule has 88 valence electrons. The summed E-state index contributed by atoms with van der Waals surface area (Å²) >= 11 is 0. The number of fused-ring (bicyclic) bond motifs is 2. The largest absolute Gasteiger partial charge is 0.293 e. The van der Waals surface area contributed by atoms with E-state index < -0.39 is 0 Å². The normalized spacial score (nSPS) is 37.7. The summed E-state index contributed by atoms with van der Waals surface area (Å²) in [5.74, 6) is 0.802. The van der Waals surface area contributed by atoms with Crippen LogP contribution in [0.15, 0.2) is 10.1 Å². The van der Waals surface area contributed by atoms with Crippen molar-refractivity contribution in [3.05, 3.63) is 10.4 Å². The SMILES string of the molecule is CC1(C)[C@@H]2CC[C@@]1(C)C(=NCCN=[N+]=[N-])C2. The zero-order chi connectivity index (χ0) is 11.8. The van der Waals surface area contributed by atoms with Gasteiger partial charge in [-0.1, -0.05) is 25.9 Å². The zero-order valence-corrected chi connectivity index (χ0v) is 10.4. The van der Waals surface area contributed by atoms with E-state index in [9.17, 15) is 0 Å². The number of rotatable bonds is 3. The molecule has 0 aromatic carbocycles. The summed E-state index contributed by atoms with van der Waals surface area (Å²) in [7, 11) is 0. The van der Waals surface area contributed by atoms with Crippen molar-refractivity contribution in [1.29, 1.82) is 0 Å². The smallest absolute Gasteiger partial charge is 0.0454 e. The van der Waals surface area contributed by atoms with Crippen molar-refractivity contribution < 1.29 is 0 Å². The first-order chi connectivity index (χ1) is 7.52. The lowest BCUT2D eigenvalue weighted by molar-refractivity contribution is 0.194. The molecule has 2 saturated carbocycles. The lowest BCUT2D eigenvalue weighted by atomic mass is 9.70. The van der Waals surface area contributed by atoms with E-state index in [1.165, 1.54) is 18.6 Å². The van der Waals surface area contributed by atoms with Gasteiger partial charge in [-0.3, -0.25) is 4.99 Å². The molecule has 2 fully saturated rings. The van der Waals surface area contributed by atoms with Gasteiger partial charge in [0, 0.05) is 29.1 Å². The van der Waals surface area contributed by atoms with Crippen molar-refractivity contribution in [3.8, 4) is 0 Å². The molecule has 4 heteroatoms. The van der Waals surface area contributed by atoms with Crippen LogP contribution in [0.4, 0.5) is 0 Å². The number of nitrogens with zero attached hydrogens (tertiary/aromatic N) is 4. The molecule has 0 aromatic rings. The van der Waals surface area contributed by atoms with Crippen molar-refractivity contribution in [3.63, 3.8) is 0 Å². The van der Waals surface area contributed by atoms with Crippen LogP contribution >= 0.6 is 0 Å². The summed E-state index contributed by atoms with van der Waals surface area (Å²) in [5.41, 5.74) is 10.2. The second-order valence-electron chi connectivity index (χ2n) is 5.78. The van der Waals surface area contributed by atoms with Crippen LogP contribution in [0.1, 0.15) is 40.0 Å². The molecule has 0 unspecified atom stereocenters. The number of azide groups is 1. The summed E-state index contributed by atoms with van der Waals surface area (Å²) in [4.78, 5) is 7.41. The van der Waals surface area contributed by atoms with Crippen LogP contribution in [0.25, 0.3) is 10.4 Å². The second-order valence-corrected chi connectivity index (χ2v) is 5.78. The van der Waals surface area contributed by atoms with Crippen LogP contribution < -0.4 is 0 Å². The summed E-state index contributed by atoms with van der Waals surface area (Å²) < 4.78 is 0. The highest BCUT2D eigenvalue weighted by molar-refractivity contribution is 5.94. The monoisotopic (exact) mass is 220 g/mol. The van der Waals surface area contributed by atoms with Gasteiger partial charge in [0.15, 0.2) is 0 Å². The van der Waals surface area contributed by atoms with E-state index in [1.54, 1.807) is 0 Å². The van der Waals surface area contributed by atoms with Gasteiger partial charge in [-0.15, -0.1) is 0 Å². The maximum Gasteiger partial charge on any atom is 0.0454 e. The topological polar surface area (TPSA) is 61.1 Å². The van der Waals surface area contributed by atoms with Gasteiger partial charge in [0.25, 0.3) is 0 Å². The third-order valence-corrected chi connectivity index (χ3v) is 5.08. The van der Waals surface area contributed by atoms with E-state index in [4.69, 9.17) is 5.53 Å². The van der Waals surface area contributed by atoms with Crippen LogP contribution in [0.5, 0.6) is 0 Å². The van der Waals surface area contributed by atoms with Crippen LogP contribution in [0.3, 0.4) is 0 Å². The first kappa shape index (κ1) is 11.5. The Morgan fingerprint density at radius 2 is 2.12 bits per heavy atom. The quantitative estimate of drug-likeness (QED) is 0.302. The lowest BCUT2D eigenvalue weighted by Crippen LogP contribution is -2.32. The summed E-state index contributed by atoms with van der Waals surface area (Å²) in [6, 6.07) is 0. The van der Waals surface area contributed by atoms with E-state index in [-0.39, 0.29) is 5.41 Å². The van der Waals surface area contributed by atoms with Crippen molar-refractivity contribution in [2.24, 2.45) is 26.9 Å². The van der Waals surface area contributed by atoms with Gasteiger partial charge in [0.1, 0.15) is 0 Å². The fourth-order valence-corrected chi connectivity index (χ4v) is 3.44. The maximum absolute atomic E-state index is 8.21. The Morgan fingerprint density at radius 3 is 2.62 bits per heavy atom. The molecule has 2 aliphatic carbocycles. The average molecular weight is 220 g/mol. The highest BCUT2D eigenvalue weighted by atomic mass is 15.1. The van der Waals surface area contributed by atoms with Gasteiger partial charge >= 0.3 is 0 Å². The number of aliphatic imine (C=N–C) groups is 1. The molecule has 4 nitrogen and oxygen atoms in total. The number of hydrogen-bond acceptors (Lipinski definition) is 2. The Kier molecular flexibility index (Phi) is 2.70. The van der Waals surface area contributed by atoms with E-state index in [0.717, 1.165) is 12.3 Å². The summed E-state index contributed by atoms with van der Waals surface area (Å²) in [6.45, 7) is 8.24. The molecule has 0 radical (unpaired) electrons. The van der Waals surface area contributed by atoms with Gasteiger partial charge in [-0.2, -0.15) is 0 Å². The first-order valence-corrected chi connectivity index (χ1v) is 6.07. The van der Waals surface area contributed by atoms with E-state index in [1.807, 2.05) is 0 Å². The highest BCUT2D eigenvalue weighted by Crippen LogP contribution is 2.63. The molecule has 2 aliphatic rings. The minimum Gasteiger partial charge on any atom is -0.293 e. The third kappa shape index (κ3) is 1.44. The number of hydrogen-bond donors (Lipinski definition) is 0. The molecule has 0 N–H and O–H groups in total. The molecule has 0 spiro atoms. The van der Waals surface area contributed by atoms with E-state index in [2.05, 4.69) is 35.8 Å². The standard InChI is InChI=1S/C12H20N4/c1-11(2)9-4-5-12(11,3)10(8-9)14-6-7-15-16-13/h9H,4-8H2,1-3H3/t9-,12+/m1/s1. The molecular formula is C12H20N4. The molecule has 2 rings (SSSR count). The Hall–Kier alpha value is -1.02. The maximum atomic E-state index is 8.21. The molecule has 0 amide bonds. The molecule has 0 saturated heterocycles. The van der Waals surface area contributed by atoms with Crippen molar-refractivity contribution >= 4 is 5.71 Å². The molecule has 0 aliphatic heterocycles. The van der Waals surface area contributed by atoms with Gasteiger partial charge in [-0.05, 0) is 36.1 Å². The lowest BCUT2D eigenvalue weighted by Gasteiger charge is -2.34. The predicted octanol–water partition coefficient (Wildman–Crippen LogP) is 3.58. The first-order valence-electron chi connectivity index (χ1n) is 6.07. The minimum atomic E-state index is 0.286. The fourth-order valence-electron chi connectivity index (χ4n) is 3.44. The van der Waals surface area contributed by atoms with Crippen molar-refractivity contribution in [2.45, 2.75) is 40.0 Å². The molecule has 0 aromatic heterocycles. The van der Waals surface area contributed by atoms with Gasteiger partial charge in [0.05, 0.1) is 0 Å². The molecule has 2 atom stereocenters. The van der Waals surface area contributed by atoms with Gasteiger partial charge < -0.3 is 0 Å². The zero-order valence-electron chi connectivity index (χ0n) is 10.4. The van der Waals surface area contributed by atoms with Crippen molar-refractivity contribution in [1.82, 2.24) is 0 Å². The summed E-state index contributed by atoms with van der Waals surface area (Å²) in [5, 5.41) is 3.53. The Morgan fingerprint density at radius 1 is 1.38 bits per heavy atom. The Bertz CT molecular complexity index is 365. The molecule has 2 bridgehead atoms. The molecular weight excluding hydrogens is 200 g/mol. The van der Waals surface area contributed by atoms with Crippen LogP contribution in [-0.4, -0.2) is 18.8 Å². The van der Waals surface area contributed by atoms with Crippen molar-refractivity contribution in [2.75, 3.05) is 13.1 Å². The Labute approximate surface area is 96.8 Å². The van der Waals surface area contributed by atoms with Gasteiger partial charge in [0.2, 0.25) is 0 Å². The van der Waals surface area contributed by atoms with E-state index in [0.29, 0.717) is 18.5 Å². The fraction of sp³-hybridized carbons (Fsp3) is 0.917. The highest BCUT2D eigenvalue weighted by Gasteiger charge is 2.59. The Balaban J connectivity index is 2.12. The average Bonchev–Trinajstić information content (AvgIpc) is 2.57. The minimum absolute atomic E-state index is 0.286. The second kappa shape index (κ2) is 3.77. The molecule has 0 heterocycles. The third-order valence-electron chi connectivity index (χ3n) is 5.08. The molecule has 16 heavy (non-hydrogen) atoms. The van der Waals surface area contributed by atoms with Crippen LogP contribution in [0, 0.1) is 16.7 Å². The summed E-state index contributed by atoms with van der Waals surface area (Å²) in [6.07, 6.45) is 3.77.